The van der Waals surface area contributed by atoms with Gasteiger partial charge in [-0.25, -0.2) is 0 Å². The van der Waals surface area contributed by atoms with Gasteiger partial charge in [0.25, 0.3) is 0 Å². The largest absolute Gasteiger partial charge is 0.388 e. The molecule has 0 aliphatic heterocycles. The van der Waals surface area contributed by atoms with Crippen LogP contribution in [0.3, 0.4) is 0 Å². The fourth-order valence-corrected chi connectivity index (χ4v) is 20.7. The molecule has 0 fully saturated rings. The van der Waals surface area contributed by atoms with E-state index in [2.05, 4.69) is 0 Å². The van der Waals surface area contributed by atoms with E-state index in [1.54, 1.807) is 0 Å². The number of rotatable bonds is 7. The summed E-state index contributed by atoms with van der Waals surface area (Å²) in [7, 11) is -3.82. The molecule has 0 atom stereocenters. The highest BCUT2D eigenvalue weighted by Crippen LogP contribution is 2.36. The average Bonchev–Trinajstić information content (AvgIpc) is 2.25. The van der Waals surface area contributed by atoms with Crippen LogP contribution in [0.5, 0.6) is 0 Å². The van der Waals surface area contributed by atoms with Gasteiger partial charge in [0.05, 0.1) is 0 Å². The Morgan fingerprint density at radius 1 is 0.619 bits per heavy atom. The van der Waals surface area contributed by atoms with Crippen LogP contribution in [0.15, 0.2) is 0 Å². The van der Waals surface area contributed by atoms with E-state index in [9.17, 15) is 39.5 Å². The van der Waals surface area contributed by atoms with Crippen LogP contribution in [0, 0.1) is 0 Å². The van der Waals surface area contributed by atoms with Gasteiger partial charge >= 0.3 is 18.5 Å². The lowest BCUT2D eigenvalue weighted by Crippen LogP contribution is -2.45. The van der Waals surface area contributed by atoms with Gasteiger partial charge in [-0.15, -0.1) is 0 Å². The number of hydrogen-bond acceptors (Lipinski definition) is 0. The molecule has 0 spiro atoms. The Balaban J connectivity index is 4.91. The zero-order valence-corrected chi connectivity index (χ0v) is 15.8. The molecule has 0 bridgehead atoms. The summed E-state index contributed by atoms with van der Waals surface area (Å²) in [6.07, 6.45) is -17.4. The molecular weight excluding hydrogens is 363 g/mol. The highest BCUT2D eigenvalue weighted by Gasteiger charge is 2.42. The zero-order chi connectivity index (χ0) is 16.9. The molecule has 12 heteroatoms. The fraction of sp³-hybridized carbons (Fsp3) is 1.00. The third-order valence-electron chi connectivity index (χ3n) is 3.57. The Labute approximate surface area is 122 Å². The van der Waals surface area contributed by atoms with Crippen molar-refractivity contribution in [2.75, 3.05) is 0 Å². The molecule has 128 valence electrons. The highest BCUT2D eigenvalue weighted by molar-refractivity contribution is 7.40. The molecule has 0 unspecified atom stereocenters. The van der Waals surface area contributed by atoms with Crippen LogP contribution in [0.4, 0.5) is 39.5 Å². The fourth-order valence-electron chi connectivity index (χ4n) is 2.13. The molecule has 0 nitrogen and oxygen atoms in total. The first kappa shape index (κ1) is 21.0. The maximum Gasteiger partial charge on any atom is 0.388 e. The molecule has 0 heterocycles. The standard InChI is InChI=1S/C9H17F9Si3/c10-7(11,12)1-4-21(20-19,5-2-8(13,14)15)6-3-9(16,17)18/h1-6,20H2,19H3. The minimum absolute atomic E-state index is 0.448. The molecule has 0 rings (SSSR count). The van der Waals surface area contributed by atoms with E-state index < -0.39 is 72.1 Å². The van der Waals surface area contributed by atoms with Crippen LogP contribution in [0.25, 0.3) is 0 Å². The van der Waals surface area contributed by atoms with Crippen molar-refractivity contribution in [2.24, 2.45) is 0 Å². The van der Waals surface area contributed by atoms with Gasteiger partial charge in [0.1, 0.15) is 0 Å². The number of hydrogen-bond donors (Lipinski definition) is 0. The summed E-state index contributed by atoms with van der Waals surface area (Å²) in [5.41, 5.74) is 0. The van der Waals surface area contributed by atoms with Gasteiger partial charge in [-0.05, 0) is 9.76 Å². The molecule has 0 aromatic carbocycles. The molecule has 0 aliphatic carbocycles. The van der Waals surface area contributed by atoms with E-state index in [1.165, 1.54) is 0 Å². The molecule has 0 saturated carbocycles. The Bertz CT molecular complexity index is 262. The predicted octanol–water partition coefficient (Wildman–Crippen LogP) is 3.24. The van der Waals surface area contributed by atoms with E-state index in [-0.39, 0.29) is 0 Å². The lowest BCUT2D eigenvalue weighted by atomic mass is 10.5. The van der Waals surface area contributed by atoms with Crippen molar-refractivity contribution in [3.8, 4) is 0 Å². The van der Waals surface area contributed by atoms with Gasteiger partial charge in [-0.2, -0.15) is 39.5 Å². The molecule has 0 aromatic rings. The van der Waals surface area contributed by atoms with E-state index in [0.29, 0.717) is 9.76 Å². The summed E-state index contributed by atoms with van der Waals surface area (Å²) in [5, 5.41) is 0. The van der Waals surface area contributed by atoms with Crippen LogP contribution >= 0.6 is 0 Å². The second-order valence-electron chi connectivity index (χ2n) is 5.20. The third kappa shape index (κ3) is 11.3. The van der Waals surface area contributed by atoms with Crippen molar-refractivity contribution in [2.45, 2.75) is 55.9 Å². The van der Waals surface area contributed by atoms with Crippen molar-refractivity contribution in [3.05, 3.63) is 0 Å². The first-order valence-electron chi connectivity index (χ1n) is 6.38. The summed E-state index contributed by atoms with van der Waals surface area (Å²) in [6, 6.07) is -1.46. The van der Waals surface area contributed by atoms with Gasteiger partial charge < -0.3 is 0 Å². The lowest BCUT2D eigenvalue weighted by Gasteiger charge is -2.32. The Morgan fingerprint density at radius 3 is 1.00 bits per heavy atom. The topological polar surface area (TPSA) is 0 Å². The monoisotopic (exact) mass is 380 g/mol. The lowest BCUT2D eigenvalue weighted by molar-refractivity contribution is -0.132. The van der Waals surface area contributed by atoms with E-state index >= 15 is 0 Å². The van der Waals surface area contributed by atoms with E-state index in [1.807, 2.05) is 0 Å². The summed E-state index contributed by atoms with van der Waals surface area (Å²) < 4.78 is 110. The van der Waals surface area contributed by atoms with Crippen molar-refractivity contribution in [1.29, 1.82) is 0 Å². The van der Waals surface area contributed by atoms with Crippen LogP contribution < -0.4 is 0 Å². The molecule has 0 radical (unpaired) electrons. The average molecular weight is 380 g/mol. The van der Waals surface area contributed by atoms with E-state index in [0.717, 1.165) is 0 Å². The second kappa shape index (κ2) is 7.53. The van der Waals surface area contributed by atoms with Gasteiger partial charge in [0.2, 0.25) is 0 Å². The van der Waals surface area contributed by atoms with Crippen LogP contribution in [-0.4, -0.2) is 44.4 Å². The maximum absolute atomic E-state index is 12.3. The summed E-state index contributed by atoms with van der Waals surface area (Å²) in [5.74, 6) is 0. The molecule has 0 N–H and O–H groups in total. The maximum atomic E-state index is 12.3. The van der Waals surface area contributed by atoms with Crippen molar-refractivity contribution >= 4 is 25.9 Å². The molecule has 21 heavy (non-hydrogen) atoms. The minimum Gasteiger partial charge on any atom is -0.171 e. The summed E-state index contributed by atoms with van der Waals surface area (Å²) in [4.78, 5) is 0. The number of halogens is 9. The Kier molecular flexibility index (Phi) is 7.53. The van der Waals surface area contributed by atoms with Gasteiger partial charge in [-0.3, -0.25) is 0 Å². The van der Waals surface area contributed by atoms with Gasteiger partial charge in [0, 0.05) is 35.4 Å². The SMILES string of the molecule is FC(F)(F)CC[Si](CCC(F)(F)F)(CCC(F)(F)F)[SiH2][SiH3]. The Morgan fingerprint density at radius 2 is 0.857 bits per heavy atom. The van der Waals surface area contributed by atoms with Gasteiger partial charge in [-0.1, -0.05) is 18.1 Å². The van der Waals surface area contributed by atoms with Crippen molar-refractivity contribution in [3.63, 3.8) is 0 Å². The molecule has 0 saturated heterocycles. The van der Waals surface area contributed by atoms with Crippen molar-refractivity contribution < 1.29 is 39.5 Å². The zero-order valence-electron chi connectivity index (χ0n) is 11.4. The minimum atomic E-state index is -4.53. The smallest absolute Gasteiger partial charge is 0.171 e. The molecule has 0 aromatic heterocycles. The van der Waals surface area contributed by atoms with Crippen molar-refractivity contribution in [1.82, 2.24) is 0 Å². The first-order valence-corrected chi connectivity index (χ1v) is 17.0. The summed E-state index contributed by atoms with van der Waals surface area (Å²) in [6.45, 7) is 0. The number of alkyl halides is 9. The normalized spacial score (nSPS) is 15.3. The molecule has 0 aliphatic rings. The Hall–Kier alpha value is 0.0206. The van der Waals surface area contributed by atoms with E-state index in [4.69, 9.17) is 0 Å². The second-order valence-corrected chi connectivity index (χ2v) is 23.4. The highest BCUT2D eigenvalue weighted by atomic mass is 29.5. The first-order chi connectivity index (χ1) is 9.18. The van der Waals surface area contributed by atoms with Crippen LogP contribution in [0.1, 0.15) is 19.3 Å². The van der Waals surface area contributed by atoms with Crippen LogP contribution in [0.2, 0.25) is 18.1 Å². The molecular formula is C9H17F9Si3. The van der Waals surface area contributed by atoms with Crippen LogP contribution in [-0.2, 0) is 0 Å². The predicted molar refractivity (Wildman–Crippen MR) is 70.7 cm³/mol. The quantitative estimate of drug-likeness (QED) is 0.470. The third-order valence-corrected chi connectivity index (χ3v) is 30.2. The molecule has 0 amide bonds. The van der Waals surface area contributed by atoms with Gasteiger partial charge in [0.15, 0.2) is 0 Å². The summed E-state index contributed by atoms with van der Waals surface area (Å²) >= 11 is 0.